The zero-order chi connectivity index (χ0) is 22.0. The average Bonchev–Trinajstić information content (AvgIpc) is 3.37. The topological polar surface area (TPSA) is 87.2 Å². The maximum absolute atomic E-state index is 13.5. The van der Waals surface area contributed by atoms with E-state index in [2.05, 4.69) is 27.8 Å². The van der Waals surface area contributed by atoms with E-state index in [1.807, 2.05) is 23.7 Å². The molecule has 0 radical (unpaired) electrons. The molecule has 0 spiro atoms. The molecule has 0 saturated heterocycles. The van der Waals surface area contributed by atoms with E-state index in [-0.39, 0.29) is 18.4 Å². The molecule has 1 unspecified atom stereocenters. The molecule has 4 rings (SSSR count). The fraction of sp³-hybridized carbons (Fsp3) is 0.261. The molecule has 1 aromatic carbocycles. The van der Waals surface area contributed by atoms with E-state index < -0.39 is 5.82 Å². The summed E-state index contributed by atoms with van der Waals surface area (Å²) in [5.74, 6) is -0.585. The molecule has 0 fully saturated rings. The van der Waals surface area contributed by atoms with Gasteiger partial charge >= 0.3 is 0 Å². The van der Waals surface area contributed by atoms with Crippen molar-refractivity contribution in [2.45, 2.75) is 38.8 Å². The van der Waals surface area contributed by atoms with Gasteiger partial charge in [-0.1, -0.05) is 12.2 Å². The Morgan fingerprint density at radius 1 is 1.32 bits per heavy atom. The molecule has 8 heteroatoms. The van der Waals surface area contributed by atoms with Crippen LogP contribution in [0, 0.1) is 24.1 Å². The van der Waals surface area contributed by atoms with Crippen molar-refractivity contribution in [3.05, 3.63) is 71.4 Å². The summed E-state index contributed by atoms with van der Waals surface area (Å²) >= 11 is 0. The highest BCUT2D eigenvalue weighted by molar-refractivity contribution is 5.83. The number of hydrazone groups is 1. The zero-order valence-electron chi connectivity index (χ0n) is 17.1. The molecule has 0 saturated carbocycles. The number of hydrogen-bond acceptors (Lipinski definition) is 5. The first-order valence-electron chi connectivity index (χ1n) is 9.95. The largest absolute Gasteiger partial charge is 0.273 e. The number of benzene rings is 1. The Bertz CT molecular complexity index is 1240. The Morgan fingerprint density at radius 2 is 2.16 bits per heavy atom. The highest BCUT2D eigenvalue weighted by Gasteiger charge is 2.28. The molecular formula is C23H21FN6O. The highest BCUT2D eigenvalue weighted by Crippen LogP contribution is 2.29. The number of nitriles is 1. The van der Waals surface area contributed by atoms with Gasteiger partial charge in [0.15, 0.2) is 0 Å². The monoisotopic (exact) mass is 416 g/mol. The Labute approximate surface area is 179 Å². The number of aromatic nitrogens is 3. The second-order valence-corrected chi connectivity index (χ2v) is 7.56. The van der Waals surface area contributed by atoms with Crippen LogP contribution in [0.5, 0.6) is 0 Å². The predicted molar refractivity (Wildman–Crippen MR) is 114 cm³/mol. The number of carbonyl (C=O) groups is 1. The first kappa shape index (κ1) is 20.4. The van der Waals surface area contributed by atoms with Crippen LogP contribution in [-0.4, -0.2) is 31.9 Å². The van der Waals surface area contributed by atoms with Gasteiger partial charge in [0.25, 0.3) is 0 Å². The summed E-state index contributed by atoms with van der Waals surface area (Å²) in [4.78, 5) is 16.6. The van der Waals surface area contributed by atoms with E-state index >= 15 is 0 Å². The van der Waals surface area contributed by atoms with Crippen molar-refractivity contribution in [3.63, 3.8) is 0 Å². The number of nitrogens with zero attached hydrogens (tertiary/aromatic N) is 6. The Morgan fingerprint density at radius 3 is 2.94 bits per heavy atom. The van der Waals surface area contributed by atoms with Crippen LogP contribution in [0.4, 0.5) is 4.39 Å². The van der Waals surface area contributed by atoms with Crippen LogP contribution in [0.25, 0.3) is 10.9 Å². The first-order chi connectivity index (χ1) is 15.0. The Balaban J connectivity index is 1.40. The average molecular weight is 416 g/mol. The quantitative estimate of drug-likeness (QED) is 0.567. The summed E-state index contributed by atoms with van der Waals surface area (Å²) in [6, 6.07) is 8.66. The fourth-order valence-corrected chi connectivity index (χ4v) is 3.76. The van der Waals surface area contributed by atoms with Crippen LogP contribution in [0.1, 0.15) is 42.1 Å². The van der Waals surface area contributed by atoms with Gasteiger partial charge < -0.3 is 0 Å². The molecule has 3 heterocycles. The van der Waals surface area contributed by atoms with Crippen LogP contribution in [0.2, 0.25) is 0 Å². The SMILES string of the molecule is C=C(CCC(=O)N1N=CCC1c1cncc(F)c1)Cn1nc(C)c2cc(C#N)ccc21. The van der Waals surface area contributed by atoms with Crippen LogP contribution >= 0.6 is 0 Å². The van der Waals surface area contributed by atoms with E-state index in [1.165, 1.54) is 11.1 Å². The number of aryl methyl sites for hydroxylation is 1. The lowest BCUT2D eigenvalue weighted by Gasteiger charge is -2.22. The lowest BCUT2D eigenvalue weighted by molar-refractivity contribution is -0.133. The van der Waals surface area contributed by atoms with Crippen molar-refractivity contribution < 1.29 is 9.18 Å². The minimum absolute atomic E-state index is 0.149. The molecule has 0 bridgehead atoms. The number of allylic oxidation sites excluding steroid dienone is 1. The van der Waals surface area contributed by atoms with Crippen molar-refractivity contribution in [3.8, 4) is 6.07 Å². The summed E-state index contributed by atoms with van der Waals surface area (Å²) in [6.07, 6.45) is 5.61. The van der Waals surface area contributed by atoms with Crippen molar-refractivity contribution in [1.29, 1.82) is 5.26 Å². The summed E-state index contributed by atoms with van der Waals surface area (Å²) < 4.78 is 15.4. The van der Waals surface area contributed by atoms with Crippen LogP contribution in [-0.2, 0) is 11.3 Å². The maximum Gasteiger partial charge on any atom is 0.243 e. The molecule has 3 aromatic rings. The minimum atomic E-state index is -0.436. The van der Waals surface area contributed by atoms with Gasteiger partial charge in [-0.05, 0) is 43.2 Å². The fourth-order valence-electron chi connectivity index (χ4n) is 3.76. The first-order valence-corrected chi connectivity index (χ1v) is 9.95. The van der Waals surface area contributed by atoms with Gasteiger partial charge in [-0.2, -0.15) is 15.5 Å². The van der Waals surface area contributed by atoms with Crippen molar-refractivity contribution in [2.75, 3.05) is 0 Å². The van der Waals surface area contributed by atoms with E-state index in [1.54, 1.807) is 18.5 Å². The molecule has 1 amide bonds. The molecule has 0 aliphatic carbocycles. The molecule has 156 valence electrons. The lowest BCUT2D eigenvalue weighted by atomic mass is 10.1. The van der Waals surface area contributed by atoms with Gasteiger partial charge in [0.2, 0.25) is 5.91 Å². The Kier molecular flexibility index (Phi) is 5.58. The van der Waals surface area contributed by atoms with Gasteiger partial charge in [0.1, 0.15) is 5.82 Å². The molecule has 31 heavy (non-hydrogen) atoms. The van der Waals surface area contributed by atoms with Crippen molar-refractivity contribution in [2.24, 2.45) is 5.10 Å². The minimum Gasteiger partial charge on any atom is -0.273 e. The van der Waals surface area contributed by atoms with Crippen LogP contribution in [0.15, 0.2) is 53.9 Å². The second-order valence-electron chi connectivity index (χ2n) is 7.56. The third-order valence-electron chi connectivity index (χ3n) is 5.33. The van der Waals surface area contributed by atoms with Crippen molar-refractivity contribution >= 4 is 23.0 Å². The van der Waals surface area contributed by atoms with E-state index in [4.69, 9.17) is 5.26 Å². The normalized spacial score (nSPS) is 15.4. The van der Waals surface area contributed by atoms with E-state index in [0.717, 1.165) is 28.4 Å². The number of halogens is 1. The number of carbonyl (C=O) groups excluding carboxylic acids is 1. The van der Waals surface area contributed by atoms with E-state index in [0.29, 0.717) is 30.5 Å². The highest BCUT2D eigenvalue weighted by atomic mass is 19.1. The van der Waals surface area contributed by atoms with Gasteiger partial charge in [0, 0.05) is 30.6 Å². The molecule has 1 aliphatic rings. The summed E-state index contributed by atoms with van der Waals surface area (Å²) in [5.41, 5.74) is 3.84. The third kappa shape index (κ3) is 4.21. The standard InChI is InChI=1S/C23H21FN6O/c1-15(14-29-22-5-4-17(11-25)9-20(22)16(2)28-29)3-6-23(31)30-21(7-8-27-30)18-10-19(24)13-26-12-18/h4-5,8-10,12-13,21H,1,3,6-7,14H2,2H3. The van der Waals surface area contributed by atoms with E-state index in [9.17, 15) is 9.18 Å². The summed E-state index contributed by atoms with van der Waals surface area (Å²) in [7, 11) is 0. The number of hydrogen-bond donors (Lipinski definition) is 0. The second kappa shape index (κ2) is 8.48. The lowest BCUT2D eigenvalue weighted by Crippen LogP contribution is -2.27. The maximum atomic E-state index is 13.5. The Hall–Kier alpha value is -3.86. The summed E-state index contributed by atoms with van der Waals surface area (Å²) in [6.45, 7) is 6.48. The number of pyridine rings is 1. The van der Waals surface area contributed by atoms with Gasteiger partial charge in [-0.3, -0.25) is 14.5 Å². The molecule has 7 nitrogen and oxygen atoms in total. The number of amides is 1. The van der Waals surface area contributed by atoms with Crippen LogP contribution in [0.3, 0.4) is 0 Å². The predicted octanol–water partition coefficient (Wildman–Crippen LogP) is 4.05. The molecule has 1 atom stereocenters. The zero-order valence-corrected chi connectivity index (χ0v) is 17.1. The third-order valence-corrected chi connectivity index (χ3v) is 5.33. The van der Waals surface area contributed by atoms with Gasteiger partial charge in [-0.15, -0.1) is 0 Å². The summed E-state index contributed by atoms with van der Waals surface area (Å²) in [5, 5.41) is 20.2. The number of rotatable bonds is 6. The van der Waals surface area contributed by atoms with Crippen LogP contribution < -0.4 is 0 Å². The van der Waals surface area contributed by atoms with Gasteiger partial charge in [0.05, 0.1) is 41.6 Å². The molecular weight excluding hydrogens is 395 g/mol. The molecule has 1 aliphatic heterocycles. The number of fused-ring (bicyclic) bond motifs is 1. The van der Waals surface area contributed by atoms with Gasteiger partial charge in [-0.25, -0.2) is 9.40 Å². The smallest absolute Gasteiger partial charge is 0.243 e. The van der Waals surface area contributed by atoms with Crippen molar-refractivity contribution in [1.82, 2.24) is 19.8 Å². The molecule has 0 N–H and O–H groups in total. The molecule has 2 aromatic heterocycles.